The van der Waals surface area contributed by atoms with E-state index in [1.54, 1.807) is 31.3 Å². The van der Waals surface area contributed by atoms with Crippen LogP contribution in [0.5, 0.6) is 0 Å². The molecule has 0 N–H and O–H groups in total. The summed E-state index contributed by atoms with van der Waals surface area (Å²) >= 11 is 0. The molecule has 2 rings (SSSR count). The van der Waals surface area contributed by atoms with Crippen LogP contribution in [0.3, 0.4) is 0 Å². The van der Waals surface area contributed by atoms with Crippen LogP contribution < -0.4 is 5.69 Å². The second-order valence-corrected chi connectivity index (χ2v) is 3.88. The highest BCUT2D eigenvalue weighted by Gasteiger charge is 2.04. The Hall–Kier alpha value is -2.37. The van der Waals surface area contributed by atoms with Crippen LogP contribution in [0.1, 0.15) is 13.3 Å². The molecule has 0 spiro atoms. The second-order valence-electron chi connectivity index (χ2n) is 3.88. The molecule has 0 fully saturated rings. The number of allylic oxidation sites excluding steroid dienone is 1. The molecule has 0 bridgehead atoms. The molecule has 6 nitrogen and oxygen atoms in total. The first-order valence-electron chi connectivity index (χ1n) is 6.10. The zero-order valence-corrected chi connectivity index (χ0v) is 10.7. The zero-order valence-electron chi connectivity index (χ0n) is 10.7. The quantitative estimate of drug-likeness (QED) is 0.595. The number of rotatable bonds is 5. The Morgan fingerprint density at radius 3 is 3.05 bits per heavy atom. The normalized spacial score (nSPS) is 11.2. The molecule has 0 saturated heterocycles. The van der Waals surface area contributed by atoms with E-state index in [-0.39, 0.29) is 11.7 Å². The Balaban J connectivity index is 2.01. The molecule has 2 aromatic heterocycles. The van der Waals surface area contributed by atoms with Crippen LogP contribution >= 0.6 is 0 Å². The molecule has 0 amide bonds. The van der Waals surface area contributed by atoms with Gasteiger partial charge in [0, 0.05) is 18.8 Å². The lowest BCUT2D eigenvalue weighted by atomic mass is 10.4. The number of hydrogen-bond donors (Lipinski definition) is 0. The molecule has 2 heterocycles. The van der Waals surface area contributed by atoms with Crippen LogP contribution in [0.15, 0.2) is 41.3 Å². The van der Waals surface area contributed by atoms with Crippen molar-refractivity contribution in [3.8, 4) is 0 Å². The van der Waals surface area contributed by atoms with Gasteiger partial charge in [-0.3, -0.25) is 4.40 Å². The van der Waals surface area contributed by atoms with Gasteiger partial charge in [-0.05, 0) is 25.5 Å². The minimum Gasteiger partial charge on any atom is -0.463 e. The van der Waals surface area contributed by atoms with Crippen molar-refractivity contribution in [3.63, 3.8) is 0 Å². The maximum absolute atomic E-state index is 11.9. The van der Waals surface area contributed by atoms with Crippen LogP contribution in [0, 0.1) is 0 Å². The predicted octanol–water partition coefficient (Wildman–Crippen LogP) is 1.01. The number of nitrogens with zero attached hydrogens (tertiary/aromatic N) is 3. The van der Waals surface area contributed by atoms with Gasteiger partial charge >= 0.3 is 11.7 Å². The highest BCUT2D eigenvalue weighted by Crippen LogP contribution is 1.96. The average Bonchev–Trinajstić information content (AvgIpc) is 2.73. The van der Waals surface area contributed by atoms with E-state index in [1.165, 1.54) is 15.2 Å². The molecular formula is C13H15N3O3. The fraction of sp³-hybridized carbons (Fsp3) is 0.308. The number of esters is 1. The van der Waals surface area contributed by atoms with Crippen molar-refractivity contribution >= 4 is 11.6 Å². The van der Waals surface area contributed by atoms with Crippen molar-refractivity contribution in [2.45, 2.75) is 19.9 Å². The summed E-state index contributed by atoms with van der Waals surface area (Å²) in [5.41, 5.74) is 0.432. The summed E-state index contributed by atoms with van der Waals surface area (Å²) in [4.78, 5) is 23.0. The lowest BCUT2D eigenvalue weighted by Crippen LogP contribution is -2.20. The summed E-state index contributed by atoms with van der Waals surface area (Å²) in [5, 5.41) is 4.18. The smallest absolute Gasteiger partial charge is 0.350 e. The van der Waals surface area contributed by atoms with Gasteiger partial charge in [0.1, 0.15) is 0 Å². The molecule has 0 saturated carbocycles. The molecule has 2 aromatic rings. The van der Waals surface area contributed by atoms with Gasteiger partial charge in [-0.2, -0.15) is 0 Å². The van der Waals surface area contributed by atoms with E-state index in [2.05, 4.69) is 5.10 Å². The molecule has 0 atom stereocenters. The molecule has 19 heavy (non-hydrogen) atoms. The number of ether oxygens (including phenoxy) is 1. The third kappa shape index (κ3) is 3.09. The summed E-state index contributed by atoms with van der Waals surface area (Å²) in [6, 6.07) is 5.38. The highest BCUT2D eigenvalue weighted by molar-refractivity contribution is 5.81. The average molecular weight is 261 g/mol. The van der Waals surface area contributed by atoms with E-state index in [0.29, 0.717) is 25.2 Å². The van der Waals surface area contributed by atoms with Crippen LogP contribution in [0.4, 0.5) is 0 Å². The highest BCUT2D eigenvalue weighted by atomic mass is 16.5. The third-order valence-corrected chi connectivity index (χ3v) is 2.54. The number of carbonyl (C=O) groups excluding carboxylic acids is 1. The van der Waals surface area contributed by atoms with Gasteiger partial charge in [0.15, 0.2) is 5.65 Å². The Morgan fingerprint density at radius 1 is 1.47 bits per heavy atom. The molecule has 0 aliphatic rings. The molecule has 0 unspecified atom stereocenters. The molecule has 0 aliphatic heterocycles. The third-order valence-electron chi connectivity index (χ3n) is 2.54. The number of pyridine rings is 1. The van der Waals surface area contributed by atoms with Crippen molar-refractivity contribution in [2.75, 3.05) is 6.61 Å². The van der Waals surface area contributed by atoms with E-state index in [4.69, 9.17) is 4.74 Å². The lowest BCUT2D eigenvalue weighted by molar-refractivity contribution is -0.137. The van der Waals surface area contributed by atoms with E-state index in [0.717, 1.165) is 0 Å². The molecule has 0 aliphatic carbocycles. The first kappa shape index (κ1) is 13.1. The first-order valence-corrected chi connectivity index (χ1v) is 6.10. The van der Waals surface area contributed by atoms with Gasteiger partial charge in [0.2, 0.25) is 0 Å². The SMILES string of the molecule is CCOC(=O)/C=C/CCn1nc2ccccn2c1=O. The van der Waals surface area contributed by atoms with Gasteiger partial charge in [-0.1, -0.05) is 12.1 Å². The fourth-order valence-corrected chi connectivity index (χ4v) is 1.68. The minimum atomic E-state index is -0.371. The lowest BCUT2D eigenvalue weighted by Gasteiger charge is -1.95. The molecule has 100 valence electrons. The van der Waals surface area contributed by atoms with E-state index < -0.39 is 0 Å². The monoisotopic (exact) mass is 261 g/mol. The van der Waals surface area contributed by atoms with Crippen molar-refractivity contribution in [3.05, 3.63) is 47.0 Å². The number of hydrogen-bond acceptors (Lipinski definition) is 4. The molecular weight excluding hydrogens is 246 g/mol. The van der Waals surface area contributed by atoms with E-state index in [9.17, 15) is 9.59 Å². The zero-order chi connectivity index (χ0) is 13.7. The number of aromatic nitrogens is 3. The van der Waals surface area contributed by atoms with Crippen LogP contribution in [0.2, 0.25) is 0 Å². The van der Waals surface area contributed by atoms with Gasteiger partial charge < -0.3 is 4.74 Å². The van der Waals surface area contributed by atoms with Crippen molar-refractivity contribution in [1.29, 1.82) is 0 Å². The maximum atomic E-state index is 11.9. The largest absolute Gasteiger partial charge is 0.463 e. The Labute approximate surface area is 109 Å². The fourth-order valence-electron chi connectivity index (χ4n) is 1.68. The van der Waals surface area contributed by atoms with Crippen LogP contribution in [-0.2, 0) is 16.1 Å². The standard InChI is InChI=1S/C13H15N3O3/c1-2-19-12(17)8-4-6-10-16-13(18)15-9-5-3-7-11(15)14-16/h3-5,7-9H,2,6,10H2,1H3/b8-4+. The van der Waals surface area contributed by atoms with Crippen LogP contribution in [-0.4, -0.2) is 26.8 Å². The molecule has 0 radical (unpaired) electrons. The van der Waals surface area contributed by atoms with Crippen molar-refractivity contribution in [2.24, 2.45) is 0 Å². The Bertz CT molecular complexity index is 654. The summed E-state index contributed by atoms with van der Waals surface area (Å²) in [6.07, 6.45) is 5.26. The first-order chi connectivity index (χ1) is 9.22. The van der Waals surface area contributed by atoms with Gasteiger partial charge in [-0.25, -0.2) is 14.3 Å². The Kier molecular flexibility index (Phi) is 4.12. The maximum Gasteiger partial charge on any atom is 0.350 e. The number of aryl methyl sites for hydroxylation is 1. The molecule has 0 aromatic carbocycles. The number of carbonyl (C=O) groups is 1. The Morgan fingerprint density at radius 2 is 2.32 bits per heavy atom. The van der Waals surface area contributed by atoms with Gasteiger partial charge in [-0.15, -0.1) is 5.10 Å². The second kappa shape index (κ2) is 5.99. The summed E-state index contributed by atoms with van der Waals surface area (Å²) in [7, 11) is 0. The minimum absolute atomic E-state index is 0.180. The van der Waals surface area contributed by atoms with Crippen molar-refractivity contribution in [1.82, 2.24) is 14.2 Å². The van der Waals surface area contributed by atoms with Gasteiger partial charge in [0.25, 0.3) is 0 Å². The van der Waals surface area contributed by atoms with E-state index in [1.807, 2.05) is 6.07 Å². The van der Waals surface area contributed by atoms with Gasteiger partial charge in [0.05, 0.1) is 6.61 Å². The summed E-state index contributed by atoms with van der Waals surface area (Å²) in [6.45, 7) is 2.54. The molecule has 6 heteroatoms. The van der Waals surface area contributed by atoms with E-state index >= 15 is 0 Å². The number of fused-ring (bicyclic) bond motifs is 1. The topological polar surface area (TPSA) is 65.6 Å². The summed E-state index contributed by atoms with van der Waals surface area (Å²) in [5.74, 6) is -0.371. The predicted molar refractivity (Wildman–Crippen MR) is 69.8 cm³/mol. The summed E-state index contributed by atoms with van der Waals surface area (Å²) < 4.78 is 7.61. The van der Waals surface area contributed by atoms with Crippen molar-refractivity contribution < 1.29 is 9.53 Å². The van der Waals surface area contributed by atoms with Crippen LogP contribution in [0.25, 0.3) is 5.65 Å².